The maximum atomic E-state index is 12.1. The second kappa shape index (κ2) is 18.3. The Labute approximate surface area is 233 Å². The molecule has 0 spiro atoms. The molecule has 9 heteroatoms. The molecule has 0 aliphatic heterocycles. The van der Waals surface area contributed by atoms with Crippen LogP contribution in [0.4, 0.5) is 0 Å². The average molecular weight is 565 g/mol. The van der Waals surface area contributed by atoms with Crippen molar-refractivity contribution in [2.75, 3.05) is 14.2 Å². The Balaban J connectivity index is 5.49. The molecule has 0 N–H and O–H groups in total. The molecule has 0 saturated carbocycles. The van der Waals surface area contributed by atoms with Gasteiger partial charge >= 0.3 is 11.9 Å². The van der Waals surface area contributed by atoms with Gasteiger partial charge in [0.1, 0.15) is 5.09 Å². The number of carbonyl (C=O) groups excluding carboxylic acids is 2. The predicted molar refractivity (Wildman–Crippen MR) is 156 cm³/mol. The third-order valence-electron chi connectivity index (χ3n) is 6.29. The van der Waals surface area contributed by atoms with Crippen LogP contribution in [0.2, 0.25) is 0 Å². The highest BCUT2D eigenvalue weighted by atomic mass is 32.2. The van der Waals surface area contributed by atoms with Crippen molar-refractivity contribution in [3.05, 3.63) is 11.7 Å². The molecule has 0 saturated heterocycles. The molecule has 0 aromatic carbocycles. The third kappa shape index (κ3) is 14.7. The second-order valence-electron chi connectivity index (χ2n) is 10.1. The Morgan fingerprint density at radius 2 is 1.11 bits per heavy atom. The van der Waals surface area contributed by atoms with Crippen LogP contribution in [0.5, 0.6) is 0 Å². The van der Waals surface area contributed by atoms with Crippen molar-refractivity contribution in [1.82, 2.24) is 0 Å². The molecule has 0 aromatic rings. The van der Waals surface area contributed by atoms with Crippen LogP contribution in [0.3, 0.4) is 0 Å². The summed E-state index contributed by atoms with van der Waals surface area (Å²) in [5.41, 5.74) is 0. The Morgan fingerprint density at radius 3 is 1.50 bits per heavy atom. The number of hydrogen-bond acceptors (Lipinski definition) is 9. The van der Waals surface area contributed by atoms with Gasteiger partial charge in [0.15, 0.2) is 0 Å². The molecule has 0 aliphatic rings. The number of thiocarbonyl (C=S) groups is 1. The highest BCUT2D eigenvalue weighted by molar-refractivity contribution is 8.23. The van der Waals surface area contributed by atoms with Gasteiger partial charge in [-0.2, -0.15) is 0 Å². The van der Waals surface area contributed by atoms with E-state index < -0.39 is 0 Å². The number of esters is 2. The van der Waals surface area contributed by atoms with Crippen LogP contribution in [0.1, 0.15) is 81.1 Å². The average Bonchev–Trinajstić information content (AvgIpc) is 2.80. The Kier molecular flexibility index (Phi) is 17.9. The molecule has 36 heavy (non-hydrogen) atoms. The lowest BCUT2D eigenvalue weighted by Crippen LogP contribution is -2.24. The molecule has 0 amide bonds. The number of rotatable bonds is 17. The SMILES string of the molecule is C=C(OC(C)C(C)C)SC(CCC(CC(C)C(=O)OC)SC(=S)OC(C)C(C)C)CC(C)C(=O)OC. The summed E-state index contributed by atoms with van der Waals surface area (Å²) < 4.78 is 22.3. The Bertz CT molecular complexity index is 639. The van der Waals surface area contributed by atoms with Gasteiger partial charge in [-0.15, -0.1) is 0 Å². The van der Waals surface area contributed by atoms with Crippen molar-refractivity contribution in [3.8, 4) is 0 Å². The normalized spacial score (nSPS) is 16.4. The van der Waals surface area contributed by atoms with Gasteiger partial charge in [-0.25, -0.2) is 0 Å². The summed E-state index contributed by atoms with van der Waals surface area (Å²) in [6.45, 7) is 20.3. The summed E-state index contributed by atoms with van der Waals surface area (Å²) in [4.78, 5) is 24.2. The summed E-state index contributed by atoms with van der Waals surface area (Å²) in [7, 11) is 2.82. The first kappa shape index (κ1) is 35.1. The van der Waals surface area contributed by atoms with E-state index in [1.54, 1.807) is 11.8 Å². The van der Waals surface area contributed by atoms with Crippen LogP contribution in [-0.4, -0.2) is 53.2 Å². The van der Waals surface area contributed by atoms with Gasteiger partial charge in [-0.3, -0.25) is 9.59 Å². The summed E-state index contributed by atoms with van der Waals surface area (Å²) in [5.74, 6) is -0.273. The molecule has 210 valence electrons. The minimum atomic E-state index is -0.261. The number of methoxy groups -OCH3 is 2. The van der Waals surface area contributed by atoms with Crippen molar-refractivity contribution in [3.63, 3.8) is 0 Å². The first-order chi connectivity index (χ1) is 16.7. The molecule has 0 heterocycles. The molecule has 0 rings (SSSR count). The molecule has 0 aromatic heterocycles. The van der Waals surface area contributed by atoms with E-state index >= 15 is 0 Å². The zero-order chi connectivity index (χ0) is 28.0. The molecule has 0 fully saturated rings. The van der Waals surface area contributed by atoms with Gasteiger partial charge < -0.3 is 18.9 Å². The second-order valence-corrected chi connectivity index (χ2v) is 13.4. The van der Waals surface area contributed by atoms with E-state index in [4.69, 9.17) is 31.2 Å². The summed E-state index contributed by atoms with van der Waals surface area (Å²) in [5, 5.41) is 0.799. The number of hydrogen-bond donors (Lipinski definition) is 0. The van der Waals surface area contributed by atoms with Crippen molar-refractivity contribution in [2.45, 2.75) is 104 Å². The Hall–Kier alpha value is -0.930. The molecule has 6 atom stereocenters. The van der Waals surface area contributed by atoms with Crippen LogP contribution in [0.25, 0.3) is 0 Å². The van der Waals surface area contributed by atoms with Crippen LogP contribution in [-0.2, 0) is 28.5 Å². The standard InChI is InChI=1S/C27H48O6S3/c1-16(2)20(7)32-22(9)35-23(14-18(5)25(28)30-10)12-13-24(15-19(6)26(29)31-11)36-27(34)33-21(8)17(3)4/h16-21,23-24H,9,12-15H2,1-8,10-11H3. The smallest absolute Gasteiger partial charge is 0.308 e. The first-order valence-corrected chi connectivity index (χ1v) is 14.9. The van der Waals surface area contributed by atoms with E-state index in [-0.39, 0.29) is 46.5 Å². The van der Waals surface area contributed by atoms with Gasteiger partial charge in [0.25, 0.3) is 0 Å². The van der Waals surface area contributed by atoms with Gasteiger partial charge in [-0.1, -0.05) is 65.1 Å². The minimum absolute atomic E-state index is 0.0105. The van der Waals surface area contributed by atoms with Gasteiger partial charge in [0.2, 0.25) is 4.38 Å². The maximum absolute atomic E-state index is 12.1. The van der Waals surface area contributed by atoms with Crippen LogP contribution >= 0.6 is 35.7 Å². The summed E-state index contributed by atoms with van der Waals surface area (Å²) in [6, 6.07) is 0. The highest BCUT2D eigenvalue weighted by Gasteiger charge is 2.27. The molecule has 0 aliphatic carbocycles. The fourth-order valence-corrected chi connectivity index (χ4v) is 6.11. The monoisotopic (exact) mass is 564 g/mol. The van der Waals surface area contributed by atoms with Crippen molar-refractivity contribution < 1.29 is 28.5 Å². The van der Waals surface area contributed by atoms with E-state index in [0.29, 0.717) is 34.2 Å². The fraction of sp³-hybridized carbons (Fsp3) is 0.815. The lowest BCUT2D eigenvalue weighted by atomic mass is 9.98. The zero-order valence-corrected chi connectivity index (χ0v) is 26.3. The molecular formula is C27H48O6S3. The van der Waals surface area contributed by atoms with Crippen LogP contribution in [0, 0.1) is 23.7 Å². The topological polar surface area (TPSA) is 71.1 Å². The van der Waals surface area contributed by atoms with Crippen LogP contribution < -0.4 is 0 Å². The number of thioether (sulfide) groups is 2. The maximum Gasteiger partial charge on any atom is 0.308 e. The molecule has 0 bridgehead atoms. The molecule has 6 nitrogen and oxygen atoms in total. The molecule has 0 radical (unpaired) electrons. The van der Waals surface area contributed by atoms with Gasteiger partial charge in [0.05, 0.1) is 38.3 Å². The minimum Gasteiger partial charge on any atom is -0.485 e. The van der Waals surface area contributed by atoms with Gasteiger partial charge in [0, 0.05) is 10.5 Å². The summed E-state index contributed by atoms with van der Waals surface area (Å²) >= 11 is 8.60. The largest absolute Gasteiger partial charge is 0.485 e. The molecular weight excluding hydrogens is 516 g/mol. The lowest BCUT2D eigenvalue weighted by molar-refractivity contribution is -0.145. The van der Waals surface area contributed by atoms with Crippen molar-refractivity contribution >= 4 is 52.1 Å². The lowest BCUT2D eigenvalue weighted by Gasteiger charge is -2.26. The number of ether oxygens (including phenoxy) is 4. The molecule has 6 unspecified atom stereocenters. The van der Waals surface area contributed by atoms with E-state index in [9.17, 15) is 9.59 Å². The number of carbonyl (C=O) groups is 2. The van der Waals surface area contributed by atoms with Gasteiger partial charge in [-0.05, 0) is 70.2 Å². The van der Waals surface area contributed by atoms with Crippen molar-refractivity contribution in [1.29, 1.82) is 0 Å². The van der Waals surface area contributed by atoms with E-state index in [1.807, 2.05) is 27.7 Å². The highest BCUT2D eigenvalue weighted by Crippen LogP contribution is 2.35. The fourth-order valence-electron chi connectivity index (χ4n) is 3.21. The van der Waals surface area contributed by atoms with E-state index in [1.165, 1.54) is 26.0 Å². The van der Waals surface area contributed by atoms with E-state index in [2.05, 4.69) is 34.3 Å². The summed E-state index contributed by atoms with van der Waals surface area (Å²) in [6.07, 6.45) is 2.87. The quantitative estimate of drug-likeness (QED) is 0.103. The predicted octanol–water partition coefficient (Wildman–Crippen LogP) is 7.25. The first-order valence-electron chi connectivity index (χ1n) is 12.8. The third-order valence-corrected chi connectivity index (χ3v) is 8.84. The van der Waals surface area contributed by atoms with Crippen molar-refractivity contribution in [2.24, 2.45) is 23.7 Å². The Morgan fingerprint density at radius 1 is 0.722 bits per heavy atom. The van der Waals surface area contributed by atoms with Crippen LogP contribution in [0.15, 0.2) is 11.7 Å². The zero-order valence-electron chi connectivity index (χ0n) is 23.8. The van der Waals surface area contributed by atoms with E-state index in [0.717, 1.165) is 12.8 Å².